The van der Waals surface area contributed by atoms with Gasteiger partial charge in [-0.25, -0.2) is 0 Å². The molecule has 4 N–H and O–H groups in total. The Labute approximate surface area is 199 Å². The van der Waals surface area contributed by atoms with Crippen molar-refractivity contribution >= 4 is 5.78 Å². The lowest BCUT2D eigenvalue weighted by atomic mass is 9.68. The SMILES string of the molecule is CC(=O)C1(O)O[C@H](C(O)Cc2ccccc2)[C@](O)(Cc2ccccc2)[C@@]1(O)Cc1ccccc1. The molecule has 1 aliphatic rings. The number of carbonyl (C=O) groups excluding carboxylic acids is 1. The number of Topliss-reactive ketones (excluding diaryl/α,β-unsaturated/α-hetero) is 1. The third-order valence-corrected chi connectivity index (χ3v) is 6.78. The Hall–Kier alpha value is -2.87. The number of aliphatic hydroxyl groups excluding tert-OH is 1. The Morgan fingerprint density at radius 1 is 0.794 bits per heavy atom. The fourth-order valence-corrected chi connectivity index (χ4v) is 4.96. The summed E-state index contributed by atoms with van der Waals surface area (Å²) in [5.74, 6) is -3.58. The van der Waals surface area contributed by atoms with E-state index in [-0.39, 0.29) is 19.3 Å². The highest BCUT2D eigenvalue weighted by Gasteiger charge is 2.75. The maximum absolute atomic E-state index is 12.7. The van der Waals surface area contributed by atoms with Gasteiger partial charge in [0.25, 0.3) is 5.79 Å². The van der Waals surface area contributed by atoms with Crippen molar-refractivity contribution in [3.8, 4) is 0 Å². The van der Waals surface area contributed by atoms with Crippen molar-refractivity contribution in [2.75, 3.05) is 0 Å². The Balaban J connectivity index is 1.82. The van der Waals surface area contributed by atoms with Gasteiger partial charge in [0.15, 0.2) is 11.4 Å². The molecule has 0 aromatic heterocycles. The number of benzene rings is 3. The number of hydrogen-bond acceptors (Lipinski definition) is 6. The van der Waals surface area contributed by atoms with Crippen LogP contribution in [-0.2, 0) is 28.8 Å². The summed E-state index contributed by atoms with van der Waals surface area (Å²) < 4.78 is 5.78. The van der Waals surface area contributed by atoms with E-state index in [0.717, 1.165) is 12.5 Å². The van der Waals surface area contributed by atoms with E-state index in [1.165, 1.54) is 0 Å². The normalized spacial score (nSPS) is 29.6. The summed E-state index contributed by atoms with van der Waals surface area (Å²) in [6.45, 7) is 1.10. The number of hydrogen-bond donors (Lipinski definition) is 4. The van der Waals surface area contributed by atoms with Gasteiger partial charge in [0, 0.05) is 26.2 Å². The van der Waals surface area contributed by atoms with Gasteiger partial charge in [-0.2, -0.15) is 0 Å². The van der Waals surface area contributed by atoms with E-state index in [9.17, 15) is 25.2 Å². The molecule has 178 valence electrons. The second-order valence-electron chi connectivity index (χ2n) is 9.11. The lowest BCUT2D eigenvalue weighted by molar-refractivity contribution is -0.259. The van der Waals surface area contributed by atoms with Gasteiger partial charge in [-0.1, -0.05) is 91.0 Å². The van der Waals surface area contributed by atoms with Crippen LogP contribution in [0.1, 0.15) is 23.6 Å². The van der Waals surface area contributed by atoms with Crippen LogP contribution in [0.4, 0.5) is 0 Å². The van der Waals surface area contributed by atoms with Crippen molar-refractivity contribution in [2.24, 2.45) is 0 Å². The second-order valence-corrected chi connectivity index (χ2v) is 9.11. The fourth-order valence-electron chi connectivity index (χ4n) is 4.96. The summed E-state index contributed by atoms with van der Waals surface area (Å²) in [6, 6.07) is 26.9. The van der Waals surface area contributed by atoms with E-state index < -0.39 is 35.0 Å². The maximum atomic E-state index is 12.7. The monoisotopic (exact) mass is 462 g/mol. The highest BCUT2D eigenvalue weighted by molar-refractivity contribution is 5.85. The summed E-state index contributed by atoms with van der Waals surface area (Å²) >= 11 is 0. The third-order valence-electron chi connectivity index (χ3n) is 6.78. The first-order valence-electron chi connectivity index (χ1n) is 11.4. The standard InChI is InChI=1S/C28H30O6/c1-20(29)28(33)27(32,19-23-15-9-4-10-16-23)26(31,18-22-13-7-3-8-14-22)25(34-28)24(30)17-21-11-5-2-6-12-21/h2-16,24-25,30-33H,17-19H2,1H3/t24?,25-,26-,27+,28?/m1/s1. The quantitative estimate of drug-likeness (QED) is 0.409. The molecule has 0 saturated carbocycles. The number of carbonyl (C=O) groups is 1. The first-order chi connectivity index (χ1) is 16.2. The van der Waals surface area contributed by atoms with Gasteiger partial charge >= 0.3 is 0 Å². The zero-order valence-corrected chi connectivity index (χ0v) is 19.0. The van der Waals surface area contributed by atoms with Crippen molar-refractivity contribution in [1.82, 2.24) is 0 Å². The molecule has 1 aliphatic heterocycles. The lowest BCUT2D eigenvalue weighted by Gasteiger charge is -2.43. The predicted octanol–water partition coefficient (Wildman–Crippen LogP) is 2.21. The van der Waals surface area contributed by atoms with Crippen LogP contribution in [0.5, 0.6) is 0 Å². The molecule has 1 fully saturated rings. The third kappa shape index (κ3) is 4.19. The Bertz CT molecular complexity index is 1110. The van der Waals surface area contributed by atoms with E-state index in [1.807, 2.05) is 36.4 Å². The molecule has 6 nitrogen and oxygen atoms in total. The Morgan fingerprint density at radius 3 is 1.71 bits per heavy atom. The fraction of sp³-hybridized carbons (Fsp3) is 0.321. The zero-order valence-electron chi connectivity index (χ0n) is 19.0. The van der Waals surface area contributed by atoms with Crippen molar-refractivity contribution in [2.45, 2.75) is 55.4 Å². The van der Waals surface area contributed by atoms with Gasteiger partial charge in [-0.3, -0.25) is 4.79 Å². The van der Waals surface area contributed by atoms with Crippen LogP contribution < -0.4 is 0 Å². The van der Waals surface area contributed by atoms with Crippen LogP contribution in [-0.4, -0.2) is 55.4 Å². The molecule has 0 aliphatic carbocycles. The molecule has 0 spiro atoms. The summed E-state index contributed by atoms with van der Waals surface area (Å²) in [5, 5.41) is 46.9. The van der Waals surface area contributed by atoms with Crippen molar-refractivity contribution in [3.05, 3.63) is 108 Å². The molecule has 0 amide bonds. The summed E-state index contributed by atoms with van der Waals surface area (Å²) in [7, 11) is 0. The second kappa shape index (κ2) is 9.41. The molecule has 5 atom stereocenters. The van der Waals surface area contributed by atoms with Gasteiger partial charge in [0.05, 0.1) is 6.10 Å². The van der Waals surface area contributed by atoms with Crippen LogP contribution in [0.15, 0.2) is 91.0 Å². The summed E-state index contributed by atoms with van der Waals surface area (Å²) in [5.41, 5.74) is -2.60. The van der Waals surface area contributed by atoms with E-state index in [2.05, 4.69) is 0 Å². The number of aliphatic hydroxyl groups is 4. The van der Waals surface area contributed by atoms with Crippen molar-refractivity contribution in [1.29, 1.82) is 0 Å². The van der Waals surface area contributed by atoms with E-state index in [1.54, 1.807) is 54.6 Å². The lowest BCUT2D eigenvalue weighted by Crippen LogP contribution is -2.68. The number of ether oxygens (including phenoxy) is 1. The van der Waals surface area contributed by atoms with Gasteiger partial charge < -0.3 is 25.2 Å². The Morgan fingerprint density at radius 2 is 1.24 bits per heavy atom. The number of rotatable bonds is 8. The smallest absolute Gasteiger partial charge is 0.259 e. The summed E-state index contributed by atoms with van der Waals surface area (Å²) in [4.78, 5) is 12.7. The molecule has 1 heterocycles. The molecular formula is C28H30O6. The molecular weight excluding hydrogens is 432 g/mol. The average molecular weight is 463 g/mol. The molecule has 3 aromatic carbocycles. The highest BCUT2D eigenvalue weighted by Crippen LogP contribution is 2.50. The van der Waals surface area contributed by atoms with E-state index in [0.29, 0.717) is 11.1 Å². The van der Waals surface area contributed by atoms with E-state index in [4.69, 9.17) is 4.74 Å². The molecule has 1 saturated heterocycles. The molecule has 3 aromatic rings. The first kappa shape index (κ1) is 24.3. The minimum Gasteiger partial charge on any atom is -0.390 e. The van der Waals surface area contributed by atoms with Gasteiger partial charge in [-0.05, 0) is 16.7 Å². The highest BCUT2D eigenvalue weighted by atomic mass is 16.7. The molecule has 2 unspecified atom stereocenters. The molecule has 0 radical (unpaired) electrons. The van der Waals surface area contributed by atoms with E-state index >= 15 is 0 Å². The maximum Gasteiger partial charge on any atom is 0.259 e. The molecule has 34 heavy (non-hydrogen) atoms. The van der Waals surface area contributed by atoms with Gasteiger partial charge in [0.1, 0.15) is 11.7 Å². The minimum absolute atomic E-state index is 0.0952. The molecule has 4 rings (SSSR count). The van der Waals surface area contributed by atoms with Gasteiger partial charge in [-0.15, -0.1) is 0 Å². The number of ketones is 1. The Kier molecular flexibility index (Phi) is 6.71. The predicted molar refractivity (Wildman–Crippen MR) is 127 cm³/mol. The molecule has 0 bridgehead atoms. The van der Waals surface area contributed by atoms with Crippen LogP contribution in [0, 0.1) is 0 Å². The summed E-state index contributed by atoms with van der Waals surface area (Å²) in [6.07, 6.45) is -3.08. The topological polar surface area (TPSA) is 107 Å². The molecule has 6 heteroatoms. The van der Waals surface area contributed by atoms with Crippen molar-refractivity contribution < 1.29 is 30.0 Å². The minimum atomic E-state index is -2.73. The van der Waals surface area contributed by atoms with Crippen LogP contribution in [0.2, 0.25) is 0 Å². The zero-order chi connectivity index (χ0) is 24.4. The van der Waals surface area contributed by atoms with Gasteiger partial charge in [0.2, 0.25) is 0 Å². The van der Waals surface area contributed by atoms with Crippen LogP contribution >= 0.6 is 0 Å². The first-order valence-corrected chi connectivity index (χ1v) is 11.4. The van der Waals surface area contributed by atoms with Crippen LogP contribution in [0.3, 0.4) is 0 Å². The largest absolute Gasteiger partial charge is 0.390 e. The van der Waals surface area contributed by atoms with Crippen LogP contribution in [0.25, 0.3) is 0 Å². The van der Waals surface area contributed by atoms with Crippen molar-refractivity contribution in [3.63, 3.8) is 0 Å². The average Bonchev–Trinajstić information content (AvgIpc) is 3.00.